The van der Waals surface area contributed by atoms with Gasteiger partial charge >= 0.3 is 5.97 Å². The third-order valence-corrected chi connectivity index (χ3v) is 5.92. The molecular formula is C19H22ClNO4S. The van der Waals surface area contributed by atoms with E-state index in [0.717, 1.165) is 16.7 Å². The van der Waals surface area contributed by atoms with Gasteiger partial charge in [0.15, 0.2) is 0 Å². The van der Waals surface area contributed by atoms with Crippen LogP contribution in [0.4, 0.5) is 0 Å². The Labute approximate surface area is 159 Å². The molecule has 2 aromatic carbocycles. The fourth-order valence-electron chi connectivity index (χ4n) is 2.82. The number of esters is 1. The van der Waals surface area contributed by atoms with Crippen LogP contribution in [0.5, 0.6) is 0 Å². The van der Waals surface area contributed by atoms with Crippen molar-refractivity contribution < 1.29 is 17.9 Å². The first kappa shape index (κ1) is 20.4. The normalized spacial score (nSPS) is 12.6. The molecule has 0 aromatic heterocycles. The van der Waals surface area contributed by atoms with E-state index < -0.39 is 21.2 Å². The van der Waals surface area contributed by atoms with Crippen LogP contribution >= 0.6 is 11.6 Å². The van der Waals surface area contributed by atoms with E-state index >= 15 is 0 Å². The molecule has 0 aliphatic heterocycles. The predicted molar refractivity (Wildman–Crippen MR) is 103 cm³/mol. The first-order chi connectivity index (χ1) is 12.3. The maximum absolute atomic E-state index is 11.9. The van der Waals surface area contributed by atoms with Crippen LogP contribution in [0.1, 0.15) is 24.8 Å². The van der Waals surface area contributed by atoms with Crippen LogP contribution < -0.4 is 5.14 Å². The SMILES string of the molecule is COC(=O)CCC(CCc1ccccc1-c1ccc(Cl)cc1)S(N)(=O)=O. The molecule has 2 N–H and O–H groups in total. The number of sulfonamides is 1. The lowest BCUT2D eigenvalue weighted by Crippen LogP contribution is -2.29. The molecule has 140 valence electrons. The van der Waals surface area contributed by atoms with Crippen molar-refractivity contribution in [2.75, 3.05) is 7.11 Å². The molecule has 0 heterocycles. The van der Waals surface area contributed by atoms with Crippen LogP contribution in [0.15, 0.2) is 48.5 Å². The summed E-state index contributed by atoms with van der Waals surface area (Å²) in [6.07, 6.45) is 1.03. The second-order valence-corrected chi connectivity index (χ2v) is 8.31. The lowest BCUT2D eigenvalue weighted by molar-refractivity contribution is -0.140. The molecule has 0 bridgehead atoms. The number of rotatable bonds is 8. The van der Waals surface area contributed by atoms with Crippen LogP contribution in [0.2, 0.25) is 5.02 Å². The van der Waals surface area contributed by atoms with Gasteiger partial charge in [0.25, 0.3) is 0 Å². The van der Waals surface area contributed by atoms with Crippen LogP contribution in [0.3, 0.4) is 0 Å². The third kappa shape index (κ3) is 5.83. The molecule has 0 saturated carbocycles. The number of benzene rings is 2. The number of hydrogen-bond acceptors (Lipinski definition) is 4. The van der Waals surface area contributed by atoms with Crippen molar-refractivity contribution in [2.45, 2.75) is 30.9 Å². The monoisotopic (exact) mass is 395 g/mol. The average Bonchev–Trinajstić information content (AvgIpc) is 2.61. The number of methoxy groups -OCH3 is 1. The average molecular weight is 396 g/mol. The number of primary sulfonamides is 1. The van der Waals surface area contributed by atoms with Gasteiger partial charge in [0.2, 0.25) is 10.0 Å². The van der Waals surface area contributed by atoms with Crippen molar-refractivity contribution >= 4 is 27.6 Å². The second kappa shape index (κ2) is 9.16. The number of halogens is 1. The van der Waals surface area contributed by atoms with Gasteiger partial charge in [-0.25, -0.2) is 13.6 Å². The van der Waals surface area contributed by atoms with Gasteiger partial charge in [0.1, 0.15) is 0 Å². The van der Waals surface area contributed by atoms with Gasteiger partial charge in [-0.1, -0.05) is 48.0 Å². The quantitative estimate of drug-likeness (QED) is 0.692. The zero-order valence-corrected chi connectivity index (χ0v) is 16.1. The highest BCUT2D eigenvalue weighted by Crippen LogP contribution is 2.27. The van der Waals surface area contributed by atoms with Crippen molar-refractivity contribution in [3.8, 4) is 11.1 Å². The highest BCUT2D eigenvalue weighted by Gasteiger charge is 2.23. The summed E-state index contributed by atoms with van der Waals surface area (Å²) < 4.78 is 28.3. The van der Waals surface area contributed by atoms with Crippen molar-refractivity contribution in [3.63, 3.8) is 0 Å². The molecule has 0 spiro atoms. The maximum atomic E-state index is 11.9. The molecule has 2 aromatic rings. The van der Waals surface area contributed by atoms with Crippen molar-refractivity contribution in [1.82, 2.24) is 0 Å². The Morgan fingerprint density at radius 2 is 1.77 bits per heavy atom. The van der Waals surface area contributed by atoms with Crippen LogP contribution in [-0.2, 0) is 26.0 Å². The minimum absolute atomic E-state index is 0.0242. The number of nitrogens with two attached hydrogens (primary N) is 1. The van der Waals surface area contributed by atoms with Gasteiger partial charge in [-0.3, -0.25) is 4.79 Å². The minimum atomic E-state index is -3.75. The molecule has 0 amide bonds. The molecule has 0 fully saturated rings. The Bertz CT molecular complexity index is 850. The Kier molecular flexibility index (Phi) is 7.20. The summed E-state index contributed by atoms with van der Waals surface area (Å²) in [5.41, 5.74) is 3.04. The predicted octanol–water partition coefficient (Wildman–Crippen LogP) is 3.55. The fourth-order valence-corrected chi connectivity index (χ4v) is 3.84. The molecule has 0 radical (unpaired) electrons. The van der Waals surface area contributed by atoms with Crippen molar-refractivity contribution in [3.05, 3.63) is 59.1 Å². The lowest BCUT2D eigenvalue weighted by Gasteiger charge is -2.16. The van der Waals surface area contributed by atoms with E-state index in [1.807, 2.05) is 48.5 Å². The number of carbonyl (C=O) groups is 1. The fraction of sp³-hybridized carbons (Fsp3) is 0.316. The van der Waals surface area contributed by atoms with Crippen molar-refractivity contribution in [2.24, 2.45) is 5.14 Å². The number of hydrogen-bond donors (Lipinski definition) is 1. The molecule has 0 aliphatic rings. The Balaban J connectivity index is 2.16. The van der Waals surface area contributed by atoms with Crippen molar-refractivity contribution in [1.29, 1.82) is 0 Å². The summed E-state index contributed by atoms with van der Waals surface area (Å²) in [6.45, 7) is 0. The molecule has 7 heteroatoms. The molecule has 5 nitrogen and oxygen atoms in total. The summed E-state index contributed by atoms with van der Waals surface area (Å²) in [6, 6.07) is 15.3. The Morgan fingerprint density at radius 3 is 2.38 bits per heavy atom. The molecule has 0 aliphatic carbocycles. The topological polar surface area (TPSA) is 86.5 Å². The van der Waals surface area contributed by atoms with E-state index in [9.17, 15) is 13.2 Å². The minimum Gasteiger partial charge on any atom is -0.469 e. The maximum Gasteiger partial charge on any atom is 0.305 e. The molecule has 2 rings (SSSR count). The molecule has 0 saturated heterocycles. The summed E-state index contributed by atoms with van der Waals surface area (Å²) in [5, 5.41) is 5.21. The number of aryl methyl sites for hydroxylation is 1. The van der Waals surface area contributed by atoms with E-state index in [1.165, 1.54) is 7.11 Å². The summed E-state index contributed by atoms with van der Waals surface area (Å²) in [5.74, 6) is -0.444. The standard InChI is InChI=1S/C19H22ClNO4S/c1-25-19(22)13-12-17(26(21,23)24)11-8-14-4-2-3-5-18(14)15-6-9-16(20)10-7-15/h2-7,9-10,17H,8,11-13H2,1H3,(H2,21,23,24). The first-order valence-electron chi connectivity index (χ1n) is 8.23. The van der Waals surface area contributed by atoms with Gasteiger partial charge < -0.3 is 4.74 Å². The second-order valence-electron chi connectivity index (χ2n) is 6.03. The summed E-state index contributed by atoms with van der Waals surface area (Å²) in [4.78, 5) is 11.3. The summed E-state index contributed by atoms with van der Waals surface area (Å²) in [7, 11) is -2.47. The Hall–Kier alpha value is -1.89. The largest absolute Gasteiger partial charge is 0.469 e. The first-order valence-corrected chi connectivity index (χ1v) is 10.2. The molecule has 26 heavy (non-hydrogen) atoms. The Morgan fingerprint density at radius 1 is 1.12 bits per heavy atom. The van der Waals surface area contributed by atoms with Gasteiger partial charge in [-0.2, -0.15) is 0 Å². The van der Waals surface area contributed by atoms with E-state index in [2.05, 4.69) is 4.74 Å². The van der Waals surface area contributed by atoms with Gasteiger partial charge in [-0.15, -0.1) is 0 Å². The zero-order chi connectivity index (χ0) is 19.2. The smallest absolute Gasteiger partial charge is 0.305 e. The van der Waals surface area contributed by atoms with Gasteiger partial charge in [0, 0.05) is 11.4 Å². The van der Waals surface area contributed by atoms with Gasteiger partial charge in [-0.05, 0) is 48.1 Å². The van der Waals surface area contributed by atoms with E-state index in [4.69, 9.17) is 16.7 Å². The summed E-state index contributed by atoms with van der Waals surface area (Å²) >= 11 is 5.95. The van der Waals surface area contributed by atoms with Gasteiger partial charge in [0.05, 0.1) is 12.4 Å². The molecule has 1 atom stereocenters. The lowest BCUT2D eigenvalue weighted by atomic mass is 9.95. The van der Waals surface area contributed by atoms with E-state index in [0.29, 0.717) is 17.9 Å². The molecule has 1 unspecified atom stereocenters. The highest BCUT2D eigenvalue weighted by atomic mass is 35.5. The zero-order valence-electron chi connectivity index (χ0n) is 14.5. The van der Waals surface area contributed by atoms with Crippen LogP contribution in [0, 0.1) is 0 Å². The van der Waals surface area contributed by atoms with Crippen LogP contribution in [0.25, 0.3) is 11.1 Å². The highest BCUT2D eigenvalue weighted by molar-refractivity contribution is 7.89. The van der Waals surface area contributed by atoms with Crippen LogP contribution in [-0.4, -0.2) is 26.7 Å². The van der Waals surface area contributed by atoms with E-state index in [1.54, 1.807) is 0 Å². The third-order valence-electron chi connectivity index (χ3n) is 4.27. The number of carbonyl (C=O) groups excluding carboxylic acids is 1. The van der Waals surface area contributed by atoms with E-state index in [-0.39, 0.29) is 12.8 Å². The molecular weight excluding hydrogens is 374 g/mol. The number of ether oxygens (including phenoxy) is 1.